The second kappa shape index (κ2) is 10.0. The zero-order chi connectivity index (χ0) is 24.4. The van der Waals surface area contributed by atoms with Crippen LogP contribution in [0.25, 0.3) is 11.1 Å². The Bertz CT molecular complexity index is 1390. The lowest BCUT2D eigenvalue weighted by atomic mass is 9.96. The minimum Gasteiger partial charge on any atom is -0.408 e. The molecule has 1 saturated heterocycles. The van der Waals surface area contributed by atoms with E-state index in [4.69, 9.17) is 20.5 Å². The molecule has 0 radical (unpaired) electrons. The van der Waals surface area contributed by atoms with E-state index >= 15 is 0 Å². The molecule has 2 aromatic carbocycles. The topological polar surface area (TPSA) is 106 Å². The van der Waals surface area contributed by atoms with Gasteiger partial charge in [0, 0.05) is 18.1 Å². The monoisotopic (exact) mass is 499 g/mol. The van der Waals surface area contributed by atoms with Gasteiger partial charge in [-0.1, -0.05) is 28.9 Å². The van der Waals surface area contributed by atoms with E-state index in [1.807, 2.05) is 0 Å². The van der Waals surface area contributed by atoms with Crippen LogP contribution >= 0.6 is 11.6 Å². The van der Waals surface area contributed by atoms with Crippen LogP contribution in [0.15, 0.2) is 56.2 Å². The maximum Gasteiger partial charge on any atom is 0.420 e. The van der Waals surface area contributed by atoms with E-state index < -0.39 is 11.7 Å². The number of rotatable bonds is 7. The highest BCUT2D eigenvalue weighted by Gasteiger charge is 2.22. The van der Waals surface area contributed by atoms with Gasteiger partial charge in [-0.25, -0.2) is 9.18 Å². The zero-order valence-corrected chi connectivity index (χ0v) is 19.5. The maximum atomic E-state index is 13.1. The molecule has 182 valence electrons. The number of benzene rings is 2. The van der Waals surface area contributed by atoms with Crippen molar-refractivity contribution in [1.82, 2.24) is 24.9 Å². The molecule has 1 aliphatic heterocycles. The first-order chi connectivity index (χ1) is 16.9. The number of amides is 1. The summed E-state index contributed by atoms with van der Waals surface area (Å²) in [5.74, 6) is -0.910. The molecule has 2 aromatic heterocycles. The van der Waals surface area contributed by atoms with Gasteiger partial charge >= 0.3 is 17.6 Å². The summed E-state index contributed by atoms with van der Waals surface area (Å²) < 4.78 is 24.7. The molecule has 1 aliphatic rings. The summed E-state index contributed by atoms with van der Waals surface area (Å²) in [6, 6.07) is 11.4. The van der Waals surface area contributed by atoms with Crippen molar-refractivity contribution in [2.24, 2.45) is 5.92 Å². The van der Waals surface area contributed by atoms with Gasteiger partial charge in [0.05, 0.1) is 12.1 Å². The van der Waals surface area contributed by atoms with Crippen LogP contribution < -0.4 is 11.1 Å². The number of likely N-dealkylation sites (tertiary alicyclic amines) is 1. The van der Waals surface area contributed by atoms with Gasteiger partial charge in [0.25, 0.3) is 0 Å². The highest BCUT2D eigenvalue weighted by molar-refractivity contribution is 6.31. The number of oxazole rings is 1. The Labute approximate surface area is 204 Å². The molecule has 5 rings (SSSR count). The molecule has 1 N–H and O–H groups in total. The Morgan fingerprint density at radius 3 is 2.69 bits per heavy atom. The average Bonchev–Trinajstić information content (AvgIpc) is 3.45. The number of fused-ring (bicyclic) bond motifs is 1. The predicted octanol–water partition coefficient (Wildman–Crippen LogP) is 3.46. The van der Waals surface area contributed by atoms with Crippen molar-refractivity contribution in [3.63, 3.8) is 0 Å². The summed E-state index contributed by atoms with van der Waals surface area (Å²) >= 11 is 6.02. The number of aromatic nitrogens is 3. The minimum absolute atomic E-state index is 0.0184. The fraction of sp³-hybridized carbons (Fsp3) is 0.333. The number of hydrogen-bond acceptors (Lipinski definition) is 7. The highest BCUT2D eigenvalue weighted by atomic mass is 35.5. The first-order valence-corrected chi connectivity index (χ1v) is 11.7. The van der Waals surface area contributed by atoms with Crippen LogP contribution in [0.5, 0.6) is 0 Å². The SMILES string of the molecule is O=C(NCC1CCN(Cc2ccc(F)cc2)CC1)c1nc(Cn2c(=O)oc3ccc(Cl)cc32)no1. The van der Waals surface area contributed by atoms with Crippen molar-refractivity contribution in [3.8, 4) is 0 Å². The van der Waals surface area contributed by atoms with E-state index in [0.717, 1.165) is 38.0 Å². The fourth-order valence-electron chi connectivity index (χ4n) is 4.25. The van der Waals surface area contributed by atoms with Crippen LogP contribution in [0, 0.1) is 11.7 Å². The molecule has 1 amide bonds. The van der Waals surface area contributed by atoms with Crippen LogP contribution in [0.2, 0.25) is 5.02 Å². The number of hydrogen-bond donors (Lipinski definition) is 1. The van der Waals surface area contributed by atoms with E-state index in [9.17, 15) is 14.0 Å². The summed E-state index contributed by atoms with van der Waals surface area (Å²) in [5.41, 5.74) is 1.98. The molecular weight excluding hydrogens is 477 g/mol. The van der Waals surface area contributed by atoms with Crippen molar-refractivity contribution in [2.45, 2.75) is 25.9 Å². The smallest absolute Gasteiger partial charge is 0.408 e. The number of nitrogens with one attached hydrogen (secondary N) is 1. The molecule has 0 aliphatic carbocycles. The largest absolute Gasteiger partial charge is 0.420 e. The van der Waals surface area contributed by atoms with Gasteiger partial charge in [-0.2, -0.15) is 4.98 Å². The van der Waals surface area contributed by atoms with Crippen molar-refractivity contribution < 1.29 is 18.1 Å². The van der Waals surface area contributed by atoms with E-state index in [0.29, 0.717) is 28.6 Å². The fourth-order valence-corrected chi connectivity index (χ4v) is 4.41. The van der Waals surface area contributed by atoms with Crippen molar-refractivity contribution in [3.05, 3.63) is 81.1 Å². The molecule has 0 unspecified atom stereocenters. The van der Waals surface area contributed by atoms with Gasteiger partial charge in [-0.05, 0) is 67.7 Å². The molecule has 4 aromatic rings. The minimum atomic E-state index is -0.580. The summed E-state index contributed by atoms with van der Waals surface area (Å²) in [5, 5.41) is 7.14. The molecule has 0 spiro atoms. The Balaban J connectivity index is 1.12. The second-order valence-corrected chi connectivity index (χ2v) is 9.07. The molecule has 0 atom stereocenters. The van der Waals surface area contributed by atoms with E-state index in [-0.39, 0.29) is 24.1 Å². The standard InChI is InChI=1S/C24H23ClFN5O4/c25-17-3-6-20-19(11-17)31(24(33)34-20)14-21-28-23(35-29-21)22(32)27-12-15-7-9-30(10-8-15)13-16-1-4-18(26)5-2-16/h1-6,11,15H,7-10,12-14H2,(H,27,32). The molecule has 0 bridgehead atoms. The molecule has 1 fully saturated rings. The summed E-state index contributed by atoms with van der Waals surface area (Å²) in [4.78, 5) is 31.1. The summed E-state index contributed by atoms with van der Waals surface area (Å²) in [6.45, 7) is 3.08. The third-order valence-electron chi connectivity index (χ3n) is 6.17. The normalized spacial score (nSPS) is 15.0. The number of piperidine rings is 1. The van der Waals surface area contributed by atoms with E-state index in [1.54, 1.807) is 30.3 Å². The number of halogens is 2. The third-order valence-corrected chi connectivity index (χ3v) is 6.40. The van der Waals surface area contributed by atoms with E-state index in [2.05, 4.69) is 20.4 Å². The molecule has 0 saturated carbocycles. The van der Waals surface area contributed by atoms with Gasteiger partial charge in [-0.15, -0.1) is 0 Å². The Kier molecular flexibility index (Phi) is 6.65. The third kappa shape index (κ3) is 5.44. The van der Waals surface area contributed by atoms with E-state index in [1.165, 1.54) is 16.7 Å². The predicted molar refractivity (Wildman–Crippen MR) is 126 cm³/mol. The Hall–Kier alpha value is -3.50. The highest BCUT2D eigenvalue weighted by Crippen LogP contribution is 2.20. The second-order valence-electron chi connectivity index (χ2n) is 8.64. The average molecular weight is 500 g/mol. The van der Waals surface area contributed by atoms with Gasteiger partial charge in [0.1, 0.15) is 5.82 Å². The molecule has 9 nitrogen and oxygen atoms in total. The maximum absolute atomic E-state index is 13.1. The number of carbonyl (C=O) groups excluding carboxylic acids is 1. The van der Waals surface area contributed by atoms with Crippen LogP contribution in [0.4, 0.5) is 4.39 Å². The van der Waals surface area contributed by atoms with Gasteiger partial charge < -0.3 is 14.3 Å². The number of carbonyl (C=O) groups is 1. The summed E-state index contributed by atoms with van der Waals surface area (Å²) in [7, 11) is 0. The Morgan fingerprint density at radius 2 is 1.91 bits per heavy atom. The van der Waals surface area contributed by atoms with Crippen LogP contribution in [0.1, 0.15) is 34.9 Å². The van der Waals surface area contributed by atoms with Gasteiger partial charge in [0.2, 0.25) is 0 Å². The van der Waals surface area contributed by atoms with Crippen LogP contribution in [0.3, 0.4) is 0 Å². The summed E-state index contributed by atoms with van der Waals surface area (Å²) in [6.07, 6.45) is 1.88. The lowest BCUT2D eigenvalue weighted by Crippen LogP contribution is -2.38. The molecule has 3 heterocycles. The lowest BCUT2D eigenvalue weighted by Gasteiger charge is -2.31. The number of nitrogens with zero attached hydrogens (tertiary/aromatic N) is 4. The van der Waals surface area contributed by atoms with Crippen molar-refractivity contribution in [1.29, 1.82) is 0 Å². The van der Waals surface area contributed by atoms with Crippen LogP contribution in [-0.4, -0.2) is 45.1 Å². The molecular formula is C24H23ClFN5O4. The van der Waals surface area contributed by atoms with Crippen LogP contribution in [-0.2, 0) is 13.1 Å². The van der Waals surface area contributed by atoms with Crippen molar-refractivity contribution >= 4 is 28.6 Å². The Morgan fingerprint density at radius 1 is 1.14 bits per heavy atom. The van der Waals surface area contributed by atoms with Crippen molar-refractivity contribution in [2.75, 3.05) is 19.6 Å². The molecule has 35 heavy (non-hydrogen) atoms. The van der Waals surface area contributed by atoms with Gasteiger partial charge in [0.15, 0.2) is 11.4 Å². The lowest BCUT2D eigenvalue weighted by molar-refractivity contribution is 0.0891. The zero-order valence-electron chi connectivity index (χ0n) is 18.7. The first kappa shape index (κ1) is 23.3. The van der Waals surface area contributed by atoms with Gasteiger partial charge in [-0.3, -0.25) is 14.3 Å². The quantitative estimate of drug-likeness (QED) is 0.415. The molecule has 11 heteroatoms. The first-order valence-electron chi connectivity index (χ1n) is 11.3.